The summed E-state index contributed by atoms with van der Waals surface area (Å²) in [7, 11) is 0. The fourth-order valence-electron chi connectivity index (χ4n) is 2.97. The maximum absolute atomic E-state index is 13.0. The van der Waals surface area contributed by atoms with Gasteiger partial charge in [-0.25, -0.2) is 9.78 Å². The van der Waals surface area contributed by atoms with Crippen molar-refractivity contribution in [2.75, 3.05) is 13.2 Å². The largest absolute Gasteiger partial charge is 0.477 e. The zero-order chi connectivity index (χ0) is 22.4. The summed E-state index contributed by atoms with van der Waals surface area (Å²) in [6, 6.07) is 15.6. The number of aryl methyl sites for hydroxylation is 1. The highest BCUT2D eigenvalue weighted by molar-refractivity contribution is 5.92. The molecular formula is C23H20F3NO4. The van der Waals surface area contributed by atoms with Crippen LogP contribution in [0.25, 0.3) is 11.3 Å². The third-order valence-corrected chi connectivity index (χ3v) is 4.46. The molecule has 0 atom stereocenters. The van der Waals surface area contributed by atoms with Gasteiger partial charge in [0.25, 0.3) is 0 Å². The molecule has 0 aliphatic carbocycles. The van der Waals surface area contributed by atoms with Gasteiger partial charge < -0.3 is 14.6 Å². The zero-order valence-corrected chi connectivity index (χ0v) is 16.6. The van der Waals surface area contributed by atoms with Crippen molar-refractivity contribution in [2.45, 2.75) is 19.7 Å². The van der Waals surface area contributed by atoms with Crippen molar-refractivity contribution in [1.82, 2.24) is 4.98 Å². The molecular weight excluding hydrogens is 411 g/mol. The van der Waals surface area contributed by atoms with Crippen molar-refractivity contribution >= 4 is 5.97 Å². The minimum Gasteiger partial charge on any atom is -0.477 e. The Labute approximate surface area is 177 Å². The smallest absolute Gasteiger partial charge is 0.416 e. The lowest BCUT2D eigenvalue weighted by Crippen LogP contribution is -2.12. The summed E-state index contributed by atoms with van der Waals surface area (Å²) in [4.78, 5) is 15.8. The first-order chi connectivity index (χ1) is 14.8. The topological polar surface area (TPSA) is 68.7 Å². The quantitative estimate of drug-likeness (QED) is 0.486. The Kier molecular flexibility index (Phi) is 6.91. The second kappa shape index (κ2) is 9.61. The molecule has 0 saturated heterocycles. The molecule has 2 aromatic carbocycles. The number of carbonyl (C=O) groups is 1. The van der Waals surface area contributed by atoms with Gasteiger partial charge >= 0.3 is 12.1 Å². The molecule has 162 valence electrons. The number of alkyl halides is 3. The number of nitrogens with zero attached hydrogens (tertiary/aromatic N) is 1. The summed E-state index contributed by atoms with van der Waals surface area (Å²) < 4.78 is 50.2. The molecule has 31 heavy (non-hydrogen) atoms. The summed E-state index contributed by atoms with van der Waals surface area (Å²) in [6.45, 7) is 2.13. The number of halogens is 3. The number of carboxylic acid groups (broad SMARTS) is 1. The number of pyridine rings is 1. The molecule has 0 spiro atoms. The molecule has 1 aromatic heterocycles. The van der Waals surface area contributed by atoms with E-state index >= 15 is 0 Å². The van der Waals surface area contributed by atoms with Crippen LogP contribution in [0, 0.1) is 6.92 Å². The molecule has 0 fully saturated rings. The van der Waals surface area contributed by atoms with Crippen LogP contribution in [0.2, 0.25) is 0 Å². The second-order valence-electron chi connectivity index (χ2n) is 6.77. The van der Waals surface area contributed by atoms with Gasteiger partial charge in [0.15, 0.2) is 0 Å². The first kappa shape index (κ1) is 22.3. The molecule has 1 N–H and O–H groups in total. The van der Waals surface area contributed by atoms with E-state index in [9.17, 15) is 23.1 Å². The molecule has 0 bridgehead atoms. The molecule has 0 amide bonds. The average molecular weight is 431 g/mol. The van der Waals surface area contributed by atoms with Crippen LogP contribution in [-0.2, 0) is 17.5 Å². The van der Waals surface area contributed by atoms with Crippen LogP contribution in [-0.4, -0.2) is 29.3 Å². The standard InChI is InChI=1S/C23H20F3NO4/c1-15-12-19(17-8-5-9-18(13-17)23(24,25)26)27-21(20(15)22(28)29)31-11-10-30-14-16-6-3-2-4-7-16/h2-9,12-13H,10-11,14H2,1H3,(H,28,29). The Morgan fingerprint density at radius 2 is 1.77 bits per heavy atom. The van der Waals surface area contributed by atoms with E-state index in [0.717, 1.165) is 17.7 Å². The highest BCUT2D eigenvalue weighted by atomic mass is 19.4. The van der Waals surface area contributed by atoms with Crippen LogP contribution in [0.5, 0.6) is 5.88 Å². The molecule has 0 aliphatic rings. The van der Waals surface area contributed by atoms with Crippen LogP contribution in [0.15, 0.2) is 60.7 Å². The maximum Gasteiger partial charge on any atom is 0.416 e. The second-order valence-corrected chi connectivity index (χ2v) is 6.77. The van der Waals surface area contributed by atoms with Gasteiger partial charge in [0.05, 0.1) is 24.5 Å². The Bertz CT molecular complexity index is 1050. The van der Waals surface area contributed by atoms with Crippen LogP contribution in [0.1, 0.15) is 27.0 Å². The van der Waals surface area contributed by atoms with E-state index in [-0.39, 0.29) is 35.9 Å². The Hall–Kier alpha value is -3.39. The van der Waals surface area contributed by atoms with E-state index in [0.29, 0.717) is 12.2 Å². The van der Waals surface area contributed by atoms with Gasteiger partial charge in [-0.05, 0) is 36.2 Å². The molecule has 0 saturated carbocycles. The van der Waals surface area contributed by atoms with Gasteiger partial charge in [-0.3, -0.25) is 0 Å². The molecule has 3 rings (SSSR count). The number of hydrogen-bond acceptors (Lipinski definition) is 4. The number of aromatic nitrogens is 1. The number of ether oxygens (including phenoxy) is 2. The Morgan fingerprint density at radius 3 is 2.45 bits per heavy atom. The molecule has 0 aliphatic heterocycles. The number of aromatic carboxylic acids is 1. The molecule has 8 heteroatoms. The summed E-state index contributed by atoms with van der Waals surface area (Å²) in [5.74, 6) is -1.40. The van der Waals surface area contributed by atoms with Crippen molar-refractivity contribution in [3.05, 3.63) is 82.9 Å². The SMILES string of the molecule is Cc1cc(-c2cccc(C(F)(F)F)c2)nc(OCCOCc2ccccc2)c1C(=O)O. The van der Waals surface area contributed by atoms with Gasteiger partial charge in [-0.2, -0.15) is 13.2 Å². The van der Waals surface area contributed by atoms with Gasteiger partial charge in [0, 0.05) is 5.56 Å². The van der Waals surface area contributed by atoms with Gasteiger partial charge in [-0.15, -0.1) is 0 Å². The molecule has 0 unspecified atom stereocenters. The predicted molar refractivity (Wildman–Crippen MR) is 108 cm³/mol. The van der Waals surface area contributed by atoms with Crippen molar-refractivity contribution in [3.63, 3.8) is 0 Å². The van der Waals surface area contributed by atoms with E-state index < -0.39 is 17.7 Å². The lowest BCUT2D eigenvalue weighted by molar-refractivity contribution is -0.137. The van der Waals surface area contributed by atoms with E-state index in [1.165, 1.54) is 18.2 Å². The number of hydrogen-bond donors (Lipinski definition) is 1. The van der Waals surface area contributed by atoms with E-state index in [1.54, 1.807) is 6.92 Å². The molecule has 1 heterocycles. The number of rotatable bonds is 8. The van der Waals surface area contributed by atoms with Crippen molar-refractivity contribution in [3.8, 4) is 17.1 Å². The van der Waals surface area contributed by atoms with Crippen molar-refractivity contribution in [1.29, 1.82) is 0 Å². The number of carboxylic acids is 1. The van der Waals surface area contributed by atoms with Crippen LogP contribution < -0.4 is 4.74 Å². The maximum atomic E-state index is 13.0. The summed E-state index contributed by atoms with van der Waals surface area (Å²) in [5, 5.41) is 9.51. The molecule has 3 aromatic rings. The Balaban J connectivity index is 1.77. The van der Waals surface area contributed by atoms with Crippen molar-refractivity contribution < 1.29 is 32.5 Å². The lowest BCUT2D eigenvalue weighted by Gasteiger charge is -2.14. The fraction of sp³-hybridized carbons (Fsp3) is 0.217. The lowest BCUT2D eigenvalue weighted by atomic mass is 10.0. The van der Waals surface area contributed by atoms with Gasteiger partial charge in [-0.1, -0.05) is 42.5 Å². The normalized spacial score (nSPS) is 11.4. The monoisotopic (exact) mass is 431 g/mol. The van der Waals surface area contributed by atoms with Crippen LogP contribution >= 0.6 is 0 Å². The minimum atomic E-state index is -4.50. The summed E-state index contributed by atoms with van der Waals surface area (Å²) >= 11 is 0. The van der Waals surface area contributed by atoms with Crippen LogP contribution in [0.3, 0.4) is 0 Å². The van der Waals surface area contributed by atoms with Crippen molar-refractivity contribution in [2.24, 2.45) is 0 Å². The fourth-order valence-corrected chi connectivity index (χ4v) is 2.97. The van der Waals surface area contributed by atoms with Gasteiger partial charge in [0.2, 0.25) is 5.88 Å². The number of benzene rings is 2. The van der Waals surface area contributed by atoms with Gasteiger partial charge in [0.1, 0.15) is 12.2 Å². The molecule has 5 nitrogen and oxygen atoms in total. The first-order valence-corrected chi connectivity index (χ1v) is 9.42. The highest BCUT2D eigenvalue weighted by Crippen LogP contribution is 2.33. The zero-order valence-electron chi connectivity index (χ0n) is 16.6. The summed E-state index contributed by atoms with van der Waals surface area (Å²) in [6.07, 6.45) is -4.50. The van der Waals surface area contributed by atoms with E-state index in [4.69, 9.17) is 9.47 Å². The molecule has 0 radical (unpaired) electrons. The average Bonchev–Trinajstić information content (AvgIpc) is 2.73. The van der Waals surface area contributed by atoms with E-state index in [1.807, 2.05) is 30.3 Å². The predicted octanol–water partition coefficient (Wildman–Crippen LogP) is 5.37. The third kappa shape index (κ3) is 5.82. The minimum absolute atomic E-state index is 0.0333. The highest BCUT2D eigenvalue weighted by Gasteiger charge is 2.30. The first-order valence-electron chi connectivity index (χ1n) is 9.42. The van der Waals surface area contributed by atoms with Crippen LogP contribution in [0.4, 0.5) is 13.2 Å². The summed E-state index contributed by atoms with van der Waals surface area (Å²) in [5.41, 5.74) is 0.750. The van der Waals surface area contributed by atoms with E-state index in [2.05, 4.69) is 4.98 Å². The third-order valence-electron chi connectivity index (χ3n) is 4.46. The Morgan fingerprint density at radius 1 is 1.03 bits per heavy atom.